The van der Waals surface area contributed by atoms with Crippen LogP contribution in [0.25, 0.3) is 11.4 Å². The van der Waals surface area contributed by atoms with Gasteiger partial charge in [-0.05, 0) is 26.8 Å². The molecule has 14 heteroatoms. The number of nitrogens with one attached hydrogen (secondary N) is 1. The zero-order valence-corrected chi connectivity index (χ0v) is 19.6. The molecule has 3 heterocycles. The maximum absolute atomic E-state index is 13.5. The minimum absolute atomic E-state index is 0.00665. The molecule has 0 aromatic carbocycles. The number of pyridine rings is 1. The standard InChI is InChI=1S/C19H20ClFN6O5S/c1-5-33(29,30)32-15-9-23-17(25-10(15)2)14-8-24-27(4)18(14)26-19(28)31-11(3)13-6-12(21)7-22-16(13)20/h6-9,11H,5H2,1-4H3,(H,26,28)/t11-/m1/s1. The van der Waals surface area contributed by atoms with Gasteiger partial charge in [0.15, 0.2) is 11.6 Å². The third kappa shape index (κ3) is 5.73. The van der Waals surface area contributed by atoms with Gasteiger partial charge in [-0.2, -0.15) is 13.5 Å². The number of rotatable bonds is 7. The number of halogens is 2. The van der Waals surface area contributed by atoms with Crippen molar-refractivity contribution in [2.45, 2.75) is 26.9 Å². The summed E-state index contributed by atoms with van der Waals surface area (Å²) < 4.78 is 48.5. The minimum Gasteiger partial charge on any atom is -0.441 e. The molecule has 1 atom stereocenters. The summed E-state index contributed by atoms with van der Waals surface area (Å²) in [5, 5.41) is 6.65. The number of anilines is 1. The van der Waals surface area contributed by atoms with Gasteiger partial charge >= 0.3 is 16.2 Å². The number of nitrogens with zero attached hydrogens (tertiary/aromatic N) is 5. The van der Waals surface area contributed by atoms with E-state index in [9.17, 15) is 17.6 Å². The summed E-state index contributed by atoms with van der Waals surface area (Å²) in [5.74, 6) is -0.450. The molecule has 1 N–H and O–H groups in total. The third-order valence-corrected chi connectivity index (χ3v) is 5.92. The van der Waals surface area contributed by atoms with E-state index in [1.54, 1.807) is 14.0 Å². The number of ether oxygens (including phenoxy) is 1. The van der Waals surface area contributed by atoms with E-state index in [0.717, 1.165) is 12.3 Å². The van der Waals surface area contributed by atoms with Gasteiger partial charge in [0, 0.05) is 12.6 Å². The van der Waals surface area contributed by atoms with Crippen molar-refractivity contribution in [3.05, 3.63) is 46.9 Å². The van der Waals surface area contributed by atoms with Crippen molar-refractivity contribution in [1.82, 2.24) is 24.7 Å². The highest BCUT2D eigenvalue weighted by Gasteiger charge is 2.21. The average Bonchev–Trinajstić information content (AvgIpc) is 3.11. The maximum atomic E-state index is 13.5. The molecular formula is C19H20ClFN6O5S. The fourth-order valence-corrected chi connectivity index (χ4v) is 3.50. The van der Waals surface area contributed by atoms with Gasteiger partial charge < -0.3 is 8.92 Å². The van der Waals surface area contributed by atoms with Crippen LogP contribution >= 0.6 is 11.6 Å². The lowest BCUT2D eigenvalue weighted by molar-refractivity contribution is 0.120. The van der Waals surface area contributed by atoms with Crippen molar-refractivity contribution in [1.29, 1.82) is 0 Å². The largest absolute Gasteiger partial charge is 0.441 e. The maximum Gasteiger partial charge on any atom is 0.413 e. The number of carbonyl (C=O) groups is 1. The molecule has 3 aromatic heterocycles. The summed E-state index contributed by atoms with van der Waals surface area (Å²) in [6.07, 6.45) is 1.84. The van der Waals surface area contributed by atoms with Gasteiger partial charge in [-0.1, -0.05) is 11.6 Å². The number of aryl methyl sites for hydroxylation is 2. The number of hydrogen-bond donors (Lipinski definition) is 1. The highest BCUT2D eigenvalue weighted by molar-refractivity contribution is 7.87. The lowest BCUT2D eigenvalue weighted by Gasteiger charge is -2.15. The number of carbonyl (C=O) groups excluding carboxylic acids is 1. The zero-order valence-electron chi connectivity index (χ0n) is 18.0. The van der Waals surface area contributed by atoms with E-state index >= 15 is 0 Å². The van der Waals surface area contributed by atoms with Crippen molar-refractivity contribution < 1.29 is 26.5 Å². The van der Waals surface area contributed by atoms with Crippen LogP contribution in [0.4, 0.5) is 15.0 Å². The predicted octanol–water partition coefficient (Wildman–Crippen LogP) is 3.41. The normalized spacial score (nSPS) is 12.3. The van der Waals surface area contributed by atoms with Crippen molar-refractivity contribution in [3.8, 4) is 17.1 Å². The van der Waals surface area contributed by atoms with Crippen LogP contribution in [0, 0.1) is 12.7 Å². The molecule has 0 aliphatic rings. The fraction of sp³-hybridized carbons (Fsp3) is 0.316. The average molecular weight is 499 g/mol. The summed E-state index contributed by atoms with van der Waals surface area (Å²) >= 11 is 5.96. The quantitative estimate of drug-likeness (QED) is 0.383. The molecule has 176 valence electrons. The van der Waals surface area contributed by atoms with Crippen molar-refractivity contribution >= 4 is 33.6 Å². The van der Waals surface area contributed by atoms with E-state index in [2.05, 4.69) is 25.4 Å². The van der Waals surface area contributed by atoms with Crippen LogP contribution in [0.15, 0.2) is 24.7 Å². The SMILES string of the molecule is CCS(=O)(=O)Oc1cnc(-c2cnn(C)c2NC(=O)O[C@H](C)c2cc(F)cnc2Cl)nc1C. The fourth-order valence-electron chi connectivity index (χ4n) is 2.69. The van der Waals surface area contributed by atoms with E-state index in [-0.39, 0.29) is 39.6 Å². The Morgan fingerprint density at radius 3 is 2.70 bits per heavy atom. The topological polar surface area (TPSA) is 138 Å². The van der Waals surface area contributed by atoms with Crippen LogP contribution < -0.4 is 9.50 Å². The van der Waals surface area contributed by atoms with Crippen LogP contribution in [0.2, 0.25) is 5.15 Å². The van der Waals surface area contributed by atoms with E-state index < -0.39 is 28.1 Å². The molecule has 0 aliphatic heterocycles. The molecule has 3 aromatic rings. The van der Waals surface area contributed by atoms with Crippen LogP contribution in [-0.2, 0) is 21.9 Å². The second-order valence-corrected chi connectivity index (χ2v) is 9.03. The van der Waals surface area contributed by atoms with Crippen molar-refractivity contribution in [2.24, 2.45) is 7.05 Å². The van der Waals surface area contributed by atoms with Crippen LogP contribution in [0.1, 0.15) is 31.2 Å². The van der Waals surface area contributed by atoms with Gasteiger partial charge in [-0.25, -0.2) is 24.1 Å². The smallest absolute Gasteiger partial charge is 0.413 e. The molecular weight excluding hydrogens is 479 g/mol. The molecule has 0 saturated heterocycles. The Bertz CT molecular complexity index is 1300. The number of hydrogen-bond acceptors (Lipinski definition) is 9. The van der Waals surface area contributed by atoms with Crippen molar-refractivity contribution in [2.75, 3.05) is 11.1 Å². The lowest BCUT2D eigenvalue weighted by atomic mass is 10.2. The highest BCUT2D eigenvalue weighted by atomic mass is 35.5. The van der Waals surface area contributed by atoms with Crippen LogP contribution in [0.3, 0.4) is 0 Å². The summed E-state index contributed by atoms with van der Waals surface area (Å²) in [4.78, 5) is 24.6. The number of amides is 1. The Balaban J connectivity index is 1.80. The first-order chi connectivity index (χ1) is 15.5. The monoisotopic (exact) mass is 498 g/mol. The van der Waals surface area contributed by atoms with Crippen LogP contribution in [-0.4, -0.2) is 45.0 Å². The first-order valence-corrected chi connectivity index (χ1v) is 11.5. The summed E-state index contributed by atoms with van der Waals surface area (Å²) in [6, 6.07) is 1.13. The Kier molecular flexibility index (Phi) is 7.12. The van der Waals surface area contributed by atoms with Gasteiger partial charge in [0.25, 0.3) is 0 Å². The summed E-state index contributed by atoms with van der Waals surface area (Å²) in [7, 11) is -2.16. The second-order valence-electron chi connectivity index (χ2n) is 6.81. The van der Waals surface area contributed by atoms with E-state index in [1.165, 1.54) is 30.9 Å². The molecule has 0 unspecified atom stereocenters. The van der Waals surface area contributed by atoms with Gasteiger partial charge in [-0.15, -0.1) is 0 Å². The van der Waals surface area contributed by atoms with E-state index in [0.29, 0.717) is 5.56 Å². The number of aromatic nitrogens is 5. The molecule has 11 nitrogen and oxygen atoms in total. The first kappa shape index (κ1) is 24.3. The molecule has 0 radical (unpaired) electrons. The Morgan fingerprint density at radius 2 is 2.03 bits per heavy atom. The van der Waals surface area contributed by atoms with Gasteiger partial charge in [0.1, 0.15) is 22.9 Å². The summed E-state index contributed by atoms with van der Waals surface area (Å²) in [6.45, 7) is 4.52. The molecule has 0 spiro atoms. The molecule has 1 amide bonds. The summed E-state index contributed by atoms with van der Waals surface area (Å²) in [5.41, 5.74) is 0.824. The Morgan fingerprint density at radius 1 is 1.30 bits per heavy atom. The first-order valence-electron chi connectivity index (χ1n) is 9.57. The molecule has 0 aliphatic carbocycles. The Hall–Kier alpha value is -3.32. The van der Waals surface area contributed by atoms with Crippen LogP contribution in [0.5, 0.6) is 5.75 Å². The second kappa shape index (κ2) is 9.67. The zero-order chi connectivity index (χ0) is 24.3. The molecule has 0 bridgehead atoms. The predicted molar refractivity (Wildman–Crippen MR) is 117 cm³/mol. The molecule has 33 heavy (non-hydrogen) atoms. The molecule has 0 saturated carbocycles. The third-order valence-electron chi connectivity index (χ3n) is 4.46. The van der Waals surface area contributed by atoms with E-state index in [1.807, 2.05) is 0 Å². The molecule has 3 rings (SSSR count). The van der Waals surface area contributed by atoms with Crippen molar-refractivity contribution in [3.63, 3.8) is 0 Å². The van der Waals surface area contributed by atoms with Gasteiger partial charge in [0.2, 0.25) is 0 Å². The van der Waals surface area contributed by atoms with Gasteiger partial charge in [-0.3, -0.25) is 10.00 Å². The Labute approximate surface area is 194 Å². The highest BCUT2D eigenvalue weighted by Crippen LogP contribution is 2.29. The minimum atomic E-state index is -3.74. The lowest BCUT2D eigenvalue weighted by Crippen LogP contribution is -2.19. The van der Waals surface area contributed by atoms with E-state index in [4.69, 9.17) is 20.5 Å². The molecule has 0 fully saturated rings. The van der Waals surface area contributed by atoms with Gasteiger partial charge in [0.05, 0.1) is 35.6 Å².